The first-order valence-corrected chi connectivity index (χ1v) is 7.09. The highest BCUT2D eigenvalue weighted by molar-refractivity contribution is 6.30. The Bertz CT molecular complexity index is 476. The number of hydrogen-bond acceptors (Lipinski definition) is 2. The van der Waals surface area contributed by atoms with Gasteiger partial charge in [0, 0.05) is 10.9 Å². The molecule has 20 heavy (non-hydrogen) atoms. The second-order valence-corrected chi connectivity index (χ2v) is 5.36. The molecular formula is C15H20ClNO3. The standard InChI is InChI=1S/C15H20ClNO3/c1-3-5-13(15(19)20)17-14(18)10(2)8-11-6-4-7-12(16)9-11/h4,6-7,9-10,13H,3,5,8H2,1-2H3,(H,17,18)(H,19,20). The largest absolute Gasteiger partial charge is 0.480 e. The lowest BCUT2D eigenvalue weighted by Gasteiger charge is -2.17. The van der Waals surface area contributed by atoms with Crippen LogP contribution in [0, 0.1) is 5.92 Å². The number of carboxylic acid groups (broad SMARTS) is 1. The van der Waals surface area contributed by atoms with E-state index >= 15 is 0 Å². The number of aliphatic carboxylic acids is 1. The average molecular weight is 298 g/mol. The van der Waals surface area contributed by atoms with Crippen molar-refractivity contribution in [3.63, 3.8) is 0 Å². The second-order valence-electron chi connectivity index (χ2n) is 4.92. The molecule has 0 saturated carbocycles. The predicted molar refractivity (Wildman–Crippen MR) is 78.8 cm³/mol. The Labute approximate surface area is 124 Å². The van der Waals surface area contributed by atoms with Gasteiger partial charge in [0.2, 0.25) is 5.91 Å². The van der Waals surface area contributed by atoms with E-state index < -0.39 is 12.0 Å². The number of halogens is 1. The molecule has 0 aliphatic carbocycles. The van der Waals surface area contributed by atoms with Gasteiger partial charge in [0.1, 0.15) is 6.04 Å². The molecule has 1 aromatic rings. The third kappa shape index (κ3) is 5.21. The van der Waals surface area contributed by atoms with Crippen molar-refractivity contribution in [1.82, 2.24) is 5.32 Å². The van der Waals surface area contributed by atoms with Crippen molar-refractivity contribution in [3.8, 4) is 0 Å². The van der Waals surface area contributed by atoms with E-state index in [0.29, 0.717) is 24.3 Å². The summed E-state index contributed by atoms with van der Waals surface area (Å²) in [7, 11) is 0. The summed E-state index contributed by atoms with van der Waals surface area (Å²) in [6, 6.07) is 6.51. The van der Waals surface area contributed by atoms with Crippen LogP contribution >= 0.6 is 11.6 Å². The van der Waals surface area contributed by atoms with Gasteiger partial charge in [-0.05, 0) is 30.5 Å². The molecule has 0 bridgehead atoms. The van der Waals surface area contributed by atoms with Crippen LogP contribution in [0.4, 0.5) is 0 Å². The Balaban J connectivity index is 2.60. The summed E-state index contributed by atoms with van der Waals surface area (Å²) in [4.78, 5) is 23.0. The van der Waals surface area contributed by atoms with E-state index in [1.807, 2.05) is 25.1 Å². The van der Waals surface area contributed by atoms with Gasteiger partial charge < -0.3 is 10.4 Å². The second kappa shape index (κ2) is 7.90. The number of rotatable bonds is 7. The maximum absolute atomic E-state index is 12.0. The molecule has 0 aliphatic rings. The maximum atomic E-state index is 12.0. The topological polar surface area (TPSA) is 66.4 Å². The quantitative estimate of drug-likeness (QED) is 0.813. The summed E-state index contributed by atoms with van der Waals surface area (Å²) in [6.07, 6.45) is 1.68. The van der Waals surface area contributed by atoms with E-state index in [9.17, 15) is 9.59 Å². The Morgan fingerprint density at radius 1 is 1.40 bits per heavy atom. The molecular weight excluding hydrogens is 278 g/mol. The molecule has 1 amide bonds. The van der Waals surface area contributed by atoms with Gasteiger partial charge in [0.15, 0.2) is 0 Å². The van der Waals surface area contributed by atoms with Crippen molar-refractivity contribution in [2.45, 2.75) is 39.2 Å². The van der Waals surface area contributed by atoms with E-state index in [1.54, 1.807) is 13.0 Å². The van der Waals surface area contributed by atoms with Crippen molar-refractivity contribution in [2.75, 3.05) is 0 Å². The van der Waals surface area contributed by atoms with Gasteiger partial charge in [-0.15, -0.1) is 0 Å². The van der Waals surface area contributed by atoms with Crippen LogP contribution in [0.2, 0.25) is 5.02 Å². The number of benzene rings is 1. The Kier molecular flexibility index (Phi) is 6.52. The number of amides is 1. The maximum Gasteiger partial charge on any atom is 0.326 e. The first kappa shape index (κ1) is 16.5. The number of carbonyl (C=O) groups excluding carboxylic acids is 1. The molecule has 0 aromatic heterocycles. The minimum Gasteiger partial charge on any atom is -0.480 e. The molecule has 0 saturated heterocycles. The highest BCUT2D eigenvalue weighted by Crippen LogP contribution is 2.15. The number of hydrogen-bond donors (Lipinski definition) is 2. The van der Waals surface area contributed by atoms with Crippen LogP contribution in [0.3, 0.4) is 0 Å². The summed E-state index contributed by atoms with van der Waals surface area (Å²) in [6.45, 7) is 3.67. The molecule has 2 unspecified atom stereocenters. The summed E-state index contributed by atoms with van der Waals surface area (Å²) < 4.78 is 0. The van der Waals surface area contributed by atoms with Crippen LogP contribution in [-0.2, 0) is 16.0 Å². The third-order valence-corrected chi connectivity index (χ3v) is 3.31. The molecule has 1 rings (SSSR count). The zero-order valence-electron chi connectivity index (χ0n) is 11.7. The normalized spacial score (nSPS) is 13.6. The summed E-state index contributed by atoms with van der Waals surface area (Å²) in [5.41, 5.74) is 0.961. The molecule has 5 heteroatoms. The minimum absolute atomic E-state index is 0.245. The fraction of sp³-hybridized carbons (Fsp3) is 0.467. The molecule has 4 nitrogen and oxygen atoms in total. The molecule has 0 heterocycles. The van der Waals surface area contributed by atoms with Crippen molar-refractivity contribution < 1.29 is 14.7 Å². The summed E-state index contributed by atoms with van der Waals surface area (Å²) >= 11 is 5.90. The van der Waals surface area contributed by atoms with Crippen LogP contribution in [0.5, 0.6) is 0 Å². The smallest absolute Gasteiger partial charge is 0.326 e. The fourth-order valence-corrected chi connectivity index (χ4v) is 2.18. The van der Waals surface area contributed by atoms with E-state index in [4.69, 9.17) is 16.7 Å². The third-order valence-electron chi connectivity index (χ3n) is 3.07. The van der Waals surface area contributed by atoms with Crippen LogP contribution in [0.15, 0.2) is 24.3 Å². The number of carbonyl (C=O) groups is 2. The molecule has 0 aliphatic heterocycles. The highest BCUT2D eigenvalue weighted by Gasteiger charge is 2.22. The molecule has 0 spiro atoms. The van der Waals surface area contributed by atoms with Crippen molar-refractivity contribution >= 4 is 23.5 Å². The predicted octanol–water partition coefficient (Wildman–Crippen LogP) is 2.89. The van der Waals surface area contributed by atoms with E-state index in [-0.39, 0.29) is 11.8 Å². The molecule has 110 valence electrons. The van der Waals surface area contributed by atoms with Crippen molar-refractivity contribution in [3.05, 3.63) is 34.9 Å². The van der Waals surface area contributed by atoms with E-state index in [2.05, 4.69) is 5.32 Å². The molecule has 1 aromatic carbocycles. The van der Waals surface area contributed by atoms with Crippen LogP contribution in [0.1, 0.15) is 32.3 Å². The number of nitrogens with one attached hydrogen (secondary N) is 1. The monoisotopic (exact) mass is 297 g/mol. The lowest BCUT2D eigenvalue weighted by molar-refractivity contribution is -0.142. The first-order valence-electron chi connectivity index (χ1n) is 6.71. The van der Waals surface area contributed by atoms with Crippen LogP contribution in [-0.4, -0.2) is 23.0 Å². The lowest BCUT2D eigenvalue weighted by atomic mass is 9.99. The van der Waals surface area contributed by atoms with Crippen LogP contribution in [0.25, 0.3) is 0 Å². The Morgan fingerprint density at radius 3 is 2.65 bits per heavy atom. The van der Waals surface area contributed by atoms with Gasteiger partial charge in [-0.1, -0.05) is 44.0 Å². The average Bonchev–Trinajstić information content (AvgIpc) is 2.37. The van der Waals surface area contributed by atoms with Gasteiger partial charge in [-0.2, -0.15) is 0 Å². The van der Waals surface area contributed by atoms with Gasteiger partial charge >= 0.3 is 5.97 Å². The molecule has 0 fully saturated rings. The minimum atomic E-state index is -0.991. The summed E-state index contributed by atoms with van der Waals surface area (Å²) in [5.74, 6) is -1.53. The summed E-state index contributed by atoms with van der Waals surface area (Å²) in [5, 5.41) is 12.2. The molecule has 2 atom stereocenters. The van der Waals surface area contributed by atoms with Gasteiger partial charge in [-0.3, -0.25) is 4.79 Å². The van der Waals surface area contributed by atoms with Crippen molar-refractivity contribution in [1.29, 1.82) is 0 Å². The van der Waals surface area contributed by atoms with E-state index in [0.717, 1.165) is 5.56 Å². The van der Waals surface area contributed by atoms with Gasteiger partial charge in [0.05, 0.1) is 0 Å². The SMILES string of the molecule is CCCC(NC(=O)C(C)Cc1cccc(Cl)c1)C(=O)O. The number of carboxylic acids is 1. The van der Waals surface area contributed by atoms with Crippen LogP contribution < -0.4 is 5.32 Å². The van der Waals surface area contributed by atoms with E-state index in [1.165, 1.54) is 0 Å². The first-order chi connectivity index (χ1) is 9.43. The zero-order valence-corrected chi connectivity index (χ0v) is 12.5. The lowest BCUT2D eigenvalue weighted by Crippen LogP contribution is -2.43. The van der Waals surface area contributed by atoms with Gasteiger partial charge in [0.25, 0.3) is 0 Å². The Hall–Kier alpha value is -1.55. The fourth-order valence-electron chi connectivity index (χ4n) is 1.97. The molecule has 2 N–H and O–H groups in total. The van der Waals surface area contributed by atoms with Gasteiger partial charge in [-0.25, -0.2) is 4.79 Å². The zero-order chi connectivity index (χ0) is 15.1. The highest BCUT2D eigenvalue weighted by atomic mass is 35.5. The van der Waals surface area contributed by atoms with Crippen molar-refractivity contribution in [2.24, 2.45) is 5.92 Å². The molecule has 0 radical (unpaired) electrons. The Morgan fingerprint density at radius 2 is 2.10 bits per heavy atom.